The Kier molecular flexibility index (Phi) is 7.56. The number of fused-ring (bicyclic) bond motifs is 1. The molecule has 2 aromatic carbocycles. The highest BCUT2D eigenvalue weighted by Crippen LogP contribution is 2.32. The van der Waals surface area contributed by atoms with E-state index >= 15 is 4.39 Å². The lowest BCUT2D eigenvalue weighted by molar-refractivity contribution is 0.0996. The summed E-state index contributed by atoms with van der Waals surface area (Å²) in [6.45, 7) is 0. The lowest BCUT2D eigenvalue weighted by Gasteiger charge is -2.09. The van der Waals surface area contributed by atoms with Gasteiger partial charge >= 0.3 is 0 Å². The second-order valence-corrected chi connectivity index (χ2v) is 9.66. The molecular weight excluding hydrogens is 529 g/mol. The van der Waals surface area contributed by atoms with Crippen LogP contribution in [0.4, 0.5) is 4.39 Å². The number of hydrogen-bond acceptors (Lipinski definition) is 7. The van der Waals surface area contributed by atoms with E-state index in [9.17, 15) is 18.0 Å². The van der Waals surface area contributed by atoms with Gasteiger partial charge in [0.15, 0.2) is 11.5 Å². The SMILES string of the molecule is COc1ccc(-n2nc(C(N)=O)c3ccc(-c4ccc(-n5ccccc5=O)cn4)c(F)c32)cc1.CS(=O)(=O)O. The zero-order valence-electron chi connectivity index (χ0n) is 20.6. The van der Waals surface area contributed by atoms with Gasteiger partial charge < -0.3 is 10.5 Å². The summed E-state index contributed by atoms with van der Waals surface area (Å²) in [4.78, 5) is 28.4. The van der Waals surface area contributed by atoms with Gasteiger partial charge in [-0.2, -0.15) is 13.5 Å². The van der Waals surface area contributed by atoms with Crippen LogP contribution in [0, 0.1) is 5.82 Å². The fraction of sp³-hybridized carbons (Fsp3) is 0.0769. The third kappa shape index (κ3) is 6.00. The molecule has 5 rings (SSSR count). The Bertz CT molecular complexity index is 1820. The Balaban J connectivity index is 0.000000648. The van der Waals surface area contributed by atoms with Crippen LogP contribution in [0.15, 0.2) is 83.9 Å². The summed E-state index contributed by atoms with van der Waals surface area (Å²) in [5.74, 6) is -0.746. The molecule has 200 valence electrons. The number of nitrogens with two attached hydrogens (primary N) is 1. The Morgan fingerprint density at radius 1 is 1.03 bits per heavy atom. The van der Waals surface area contributed by atoms with Gasteiger partial charge in [0.05, 0.1) is 36.6 Å². The number of amides is 1. The first-order valence-corrected chi connectivity index (χ1v) is 13.0. The van der Waals surface area contributed by atoms with Gasteiger partial charge in [-0.25, -0.2) is 9.07 Å². The largest absolute Gasteiger partial charge is 0.497 e. The average molecular weight is 552 g/mol. The minimum Gasteiger partial charge on any atom is -0.497 e. The van der Waals surface area contributed by atoms with Crippen molar-refractivity contribution in [2.45, 2.75) is 0 Å². The molecule has 0 bridgehead atoms. The van der Waals surface area contributed by atoms with E-state index in [0.717, 1.165) is 0 Å². The van der Waals surface area contributed by atoms with Gasteiger partial charge in [-0.05, 0) is 54.6 Å². The van der Waals surface area contributed by atoms with Crippen LogP contribution in [0.1, 0.15) is 10.5 Å². The van der Waals surface area contributed by atoms with Crippen LogP contribution in [0.5, 0.6) is 5.75 Å². The van der Waals surface area contributed by atoms with Crippen molar-refractivity contribution in [2.24, 2.45) is 5.73 Å². The number of pyridine rings is 2. The van der Waals surface area contributed by atoms with Crippen molar-refractivity contribution < 1.29 is 26.9 Å². The monoisotopic (exact) mass is 551 g/mol. The van der Waals surface area contributed by atoms with Crippen molar-refractivity contribution in [3.8, 4) is 28.4 Å². The molecule has 1 amide bonds. The Hall–Kier alpha value is -4.88. The summed E-state index contributed by atoms with van der Waals surface area (Å²) < 4.78 is 49.7. The molecule has 13 heteroatoms. The first-order valence-electron chi connectivity index (χ1n) is 11.2. The van der Waals surface area contributed by atoms with E-state index in [-0.39, 0.29) is 27.7 Å². The minimum absolute atomic E-state index is 0.0389. The second kappa shape index (κ2) is 10.8. The van der Waals surface area contributed by atoms with Crippen molar-refractivity contribution in [1.82, 2.24) is 19.3 Å². The van der Waals surface area contributed by atoms with Gasteiger partial charge in [0.2, 0.25) is 0 Å². The number of methoxy groups -OCH3 is 1. The van der Waals surface area contributed by atoms with Crippen LogP contribution >= 0.6 is 0 Å². The van der Waals surface area contributed by atoms with Gasteiger partial charge in [-0.15, -0.1) is 0 Å². The number of rotatable bonds is 5. The number of halogens is 1. The van der Waals surface area contributed by atoms with Crippen molar-refractivity contribution in [3.05, 3.63) is 101 Å². The summed E-state index contributed by atoms with van der Waals surface area (Å²) >= 11 is 0. The van der Waals surface area contributed by atoms with Crippen LogP contribution in [-0.2, 0) is 10.1 Å². The lowest BCUT2D eigenvalue weighted by Crippen LogP contribution is -2.15. The summed E-state index contributed by atoms with van der Waals surface area (Å²) in [7, 11) is -2.12. The van der Waals surface area contributed by atoms with Gasteiger partial charge in [0, 0.05) is 23.2 Å². The van der Waals surface area contributed by atoms with Crippen LogP contribution in [0.3, 0.4) is 0 Å². The van der Waals surface area contributed by atoms with Gasteiger partial charge in [-0.1, -0.05) is 6.07 Å². The predicted octanol–water partition coefficient (Wildman–Crippen LogP) is 2.99. The van der Waals surface area contributed by atoms with Crippen molar-refractivity contribution in [1.29, 1.82) is 0 Å². The molecule has 0 saturated carbocycles. The van der Waals surface area contributed by atoms with Crippen LogP contribution < -0.4 is 16.0 Å². The molecule has 0 spiro atoms. The van der Waals surface area contributed by atoms with Crippen molar-refractivity contribution >= 4 is 26.9 Å². The van der Waals surface area contributed by atoms with E-state index in [1.54, 1.807) is 67.9 Å². The summed E-state index contributed by atoms with van der Waals surface area (Å²) in [5.41, 5.74) is 7.01. The fourth-order valence-corrected chi connectivity index (χ4v) is 3.79. The minimum atomic E-state index is -3.67. The molecule has 3 N–H and O–H groups in total. The smallest absolute Gasteiger partial charge is 0.269 e. The topological polar surface area (TPSA) is 159 Å². The summed E-state index contributed by atoms with van der Waals surface area (Å²) in [6, 6.07) is 18.1. The zero-order chi connectivity index (χ0) is 28.3. The van der Waals surface area contributed by atoms with E-state index in [1.807, 2.05) is 0 Å². The fourth-order valence-electron chi connectivity index (χ4n) is 3.79. The van der Waals surface area contributed by atoms with Crippen LogP contribution in [0.2, 0.25) is 0 Å². The molecule has 0 saturated heterocycles. The Labute approximate surface area is 221 Å². The number of nitrogens with zero attached hydrogens (tertiary/aromatic N) is 4. The number of ether oxygens (including phenoxy) is 1. The van der Waals surface area contributed by atoms with Gasteiger partial charge in [0.25, 0.3) is 21.6 Å². The Morgan fingerprint density at radius 3 is 2.26 bits per heavy atom. The third-order valence-electron chi connectivity index (χ3n) is 5.46. The lowest BCUT2D eigenvalue weighted by atomic mass is 10.1. The van der Waals surface area contributed by atoms with Crippen LogP contribution in [0.25, 0.3) is 33.5 Å². The van der Waals surface area contributed by atoms with E-state index in [1.165, 1.54) is 27.6 Å². The highest BCUT2D eigenvalue weighted by molar-refractivity contribution is 7.85. The molecular formula is C26H22FN5O6S. The first kappa shape index (κ1) is 27.2. The highest BCUT2D eigenvalue weighted by Gasteiger charge is 2.22. The van der Waals surface area contributed by atoms with Gasteiger partial charge in [-0.3, -0.25) is 23.7 Å². The molecule has 39 heavy (non-hydrogen) atoms. The number of carbonyl (C=O) groups excluding carboxylic acids is 1. The molecule has 0 atom stereocenters. The maximum atomic E-state index is 15.9. The first-order chi connectivity index (χ1) is 18.5. The second-order valence-electron chi connectivity index (χ2n) is 8.19. The normalized spacial score (nSPS) is 11.1. The van der Waals surface area contributed by atoms with E-state index in [4.69, 9.17) is 15.0 Å². The van der Waals surface area contributed by atoms with E-state index in [0.29, 0.717) is 29.1 Å². The zero-order valence-corrected chi connectivity index (χ0v) is 21.5. The molecule has 0 aliphatic heterocycles. The molecule has 0 aliphatic rings. The molecule has 0 aliphatic carbocycles. The molecule has 3 heterocycles. The average Bonchev–Trinajstić information content (AvgIpc) is 3.30. The number of hydrogen-bond donors (Lipinski definition) is 2. The quantitative estimate of drug-likeness (QED) is 0.315. The van der Waals surface area contributed by atoms with Crippen molar-refractivity contribution in [3.63, 3.8) is 0 Å². The highest BCUT2D eigenvalue weighted by atomic mass is 32.2. The van der Waals surface area contributed by atoms with Gasteiger partial charge in [0.1, 0.15) is 11.3 Å². The summed E-state index contributed by atoms with van der Waals surface area (Å²) in [5, 5.41) is 4.57. The van der Waals surface area contributed by atoms with E-state index < -0.39 is 21.8 Å². The Morgan fingerprint density at radius 2 is 1.69 bits per heavy atom. The number of primary amides is 1. The van der Waals surface area contributed by atoms with Crippen LogP contribution in [-0.4, -0.2) is 51.6 Å². The predicted molar refractivity (Wildman–Crippen MR) is 142 cm³/mol. The van der Waals surface area contributed by atoms with Crippen molar-refractivity contribution in [2.75, 3.05) is 13.4 Å². The molecule has 0 radical (unpaired) electrons. The third-order valence-corrected chi connectivity index (χ3v) is 5.46. The summed E-state index contributed by atoms with van der Waals surface area (Å²) in [6.07, 6.45) is 3.84. The number of benzene rings is 2. The molecule has 11 nitrogen and oxygen atoms in total. The molecule has 3 aromatic heterocycles. The molecule has 0 unspecified atom stereocenters. The molecule has 5 aromatic rings. The standard InChI is InChI=1S/C25H18FN5O3.CH4O3S/c1-34-17-8-5-15(6-9-17)31-24-19(23(29-31)25(27)33)11-10-18(22(24)26)20-12-7-16(14-28-20)30-13-3-2-4-21(30)32;1-5(2,3)4/h2-14H,1H3,(H2,27,33);1H3,(H,2,3,4). The maximum Gasteiger partial charge on any atom is 0.269 e. The number of aromatic nitrogens is 4. The van der Waals surface area contributed by atoms with E-state index in [2.05, 4.69) is 10.1 Å². The maximum absolute atomic E-state index is 15.9. The molecule has 0 fully saturated rings. The number of carbonyl (C=O) groups is 1.